The quantitative estimate of drug-likeness (QED) is 0.682. The molecular formula is C12H9N3O3S. The Morgan fingerprint density at radius 3 is 3.16 bits per heavy atom. The van der Waals surface area contributed by atoms with Crippen molar-refractivity contribution >= 4 is 23.5 Å². The van der Waals surface area contributed by atoms with Gasteiger partial charge in [-0.05, 0) is 23.8 Å². The van der Waals surface area contributed by atoms with Crippen LogP contribution in [0.2, 0.25) is 0 Å². The van der Waals surface area contributed by atoms with Crippen molar-refractivity contribution in [2.75, 3.05) is 6.79 Å². The third-order valence-corrected chi connectivity index (χ3v) is 3.03. The van der Waals surface area contributed by atoms with E-state index in [9.17, 15) is 4.79 Å². The molecule has 1 aromatic heterocycles. The minimum Gasteiger partial charge on any atom is -0.454 e. The summed E-state index contributed by atoms with van der Waals surface area (Å²) >= 11 is 1.36. The van der Waals surface area contributed by atoms with Gasteiger partial charge in [-0.25, -0.2) is 10.4 Å². The first-order valence-corrected chi connectivity index (χ1v) is 6.38. The standard InChI is InChI=1S/C12H9N3O3S/c16-12(9-5-19-6-13-9)15-14-4-8-1-2-10-11(3-8)18-7-17-10/h1-6H,7H2,(H,15,16)/b14-4+. The van der Waals surface area contributed by atoms with Gasteiger partial charge in [0.25, 0.3) is 5.91 Å². The molecule has 0 saturated heterocycles. The molecule has 0 fully saturated rings. The molecule has 0 atom stereocenters. The zero-order valence-corrected chi connectivity index (χ0v) is 10.5. The third kappa shape index (κ3) is 2.55. The molecule has 0 radical (unpaired) electrons. The van der Waals surface area contributed by atoms with Crippen molar-refractivity contribution < 1.29 is 14.3 Å². The average molecular weight is 275 g/mol. The Hall–Kier alpha value is -2.41. The number of hydrogen-bond acceptors (Lipinski definition) is 6. The van der Waals surface area contributed by atoms with Crippen LogP contribution in [0, 0.1) is 0 Å². The second-order valence-corrected chi connectivity index (χ2v) is 4.40. The molecular weight excluding hydrogens is 266 g/mol. The first-order chi connectivity index (χ1) is 9.33. The summed E-state index contributed by atoms with van der Waals surface area (Å²) in [5.74, 6) is 1.05. The Bertz CT molecular complexity index is 625. The van der Waals surface area contributed by atoms with Gasteiger partial charge in [-0.1, -0.05) is 0 Å². The van der Waals surface area contributed by atoms with Crippen LogP contribution in [0.4, 0.5) is 0 Å². The number of fused-ring (bicyclic) bond motifs is 1. The van der Waals surface area contributed by atoms with Gasteiger partial charge >= 0.3 is 0 Å². The lowest BCUT2D eigenvalue weighted by atomic mass is 10.2. The molecule has 2 aromatic rings. The average Bonchev–Trinajstić information content (AvgIpc) is 3.09. The van der Waals surface area contributed by atoms with E-state index in [1.807, 2.05) is 6.07 Å². The summed E-state index contributed by atoms with van der Waals surface area (Å²) in [5, 5.41) is 5.52. The highest BCUT2D eigenvalue weighted by molar-refractivity contribution is 7.07. The normalized spacial score (nSPS) is 12.8. The Morgan fingerprint density at radius 2 is 2.32 bits per heavy atom. The maximum absolute atomic E-state index is 11.6. The minimum absolute atomic E-state index is 0.233. The Kier molecular flexibility index (Phi) is 3.11. The van der Waals surface area contributed by atoms with Gasteiger partial charge in [-0.15, -0.1) is 11.3 Å². The number of hydrogen-bond donors (Lipinski definition) is 1. The van der Waals surface area contributed by atoms with Crippen LogP contribution < -0.4 is 14.9 Å². The van der Waals surface area contributed by atoms with Crippen molar-refractivity contribution in [3.8, 4) is 11.5 Å². The van der Waals surface area contributed by atoms with Crippen LogP contribution in [-0.2, 0) is 0 Å². The van der Waals surface area contributed by atoms with Crippen molar-refractivity contribution in [3.63, 3.8) is 0 Å². The van der Waals surface area contributed by atoms with E-state index in [0.29, 0.717) is 17.2 Å². The van der Waals surface area contributed by atoms with Gasteiger partial charge in [0.15, 0.2) is 11.5 Å². The van der Waals surface area contributed by atoms with Gasteiger partial charge in [0.1, 0.15) is 5.69 Å². The highest BCUT2D eigenvalue weighted by Crippen LogP contribution is 2.31. The first kappa shape index (κ1) is 11.7. The molecule has 1 N–H and O–H groups in total. The highest BCUT2D eigenvalue weighted by Gasteiger charge is 2.12. The summed E-state index contributed by atoms with van der Waals surface area (Å²) in [6, 6.07) is 5.42. The number of hydrazone groups is 1. The highest BCUT2D eigenvalue weighted by atomic mass is 32.1. The van der Waals surface area contributed by atoms with Crippen LogP contribution >= 0.6 is 11.3 Å². The first-order valence-electron chi connectivity index (χ1n) is 5.44. The topological polar surface area (TPSA) is 72.8 Å². The van der Waals surface area contributed by atoms with Crippen LogP contribution in [0.15, 0.2) is 34.2 Å². The fourth-order valence-corrected chi connectivity index (χ4v) is 2.07. The maximum Gasteiger partial charge on any atom is 0.290 e. The molecule has 1 aliphatic heterocycles. The van der Waals surface area contributed by atoms with E-state index in [-0.39, 0.29) is 12.7 Å². The summed E-state index contributed by atoms with van der Waals surface area (Å²) < 4.78 is 10.4. The van der Waals surface area contributed by atoms with Crippen LogP contribution in [0.5, 0.6) is 11.5 Å². The number of amides is 1. The molecule has 1 amide bonds. The van der Waals surface area contributed by atoms with Gasteiger partial charge in [-0.3, -0.25) is 4.79 Å². The molecule has 7 heteroatoms. The largest absolute Gasteiger partial charge is 0.454 e. The minimum atomic E-state index is -0.335. The molecule has 0 spiro atoms. The molecule has 1 aliphatic rings. The van der Waals surface area contributed by atoms with E-state index in [1.54, 1.807) is 23.0 Å². The number of thiazole rings is 1. The molecule has 0 aliphatic carbocycles. The maximum atomic E-state index is 11.6. The van der Waals surface area contributed by atoms with Gasteiger partial charge in [-0.2, -0.15) is 5.10 Å². The zero-order chi connectivity index (χ0) is 13.1. The number of carbonyl (C=O) groups excluding carboxylic acids is 1. The summed E-state index contributed by atoms with van der Waals surface area (Å²) in [6.07, 6.45) is 1.53. The van der Waals surface area contributed by atoms with Crippen LogP contribution in [0.3, 0.4) is 0 Å². The zero-order valence-electron chi connectivity index (χ0n) is 9.70. The Balaban J connectivity index is 1.65. The molecule has 3 rings (SSSR count). The summed E-state index contributed by atoms with van der Waals surface area (Å²) in [5.41, 5.74) is 5.16. The van der Waals surface area contributed by atoms with Crippen molar-refractivity contribution in [2.24, 2.45) is 5.10 Å². The van der Waals surface area contributed by atoms with Gasteiger partial charge < -0.3 is 9.47 Å². The predicted molar refractivity (Wildman–Crippen MR) is 69.7 cm³/mol. The summed E-state index contributed by atoms with van der Waals surface area (Å²) in [4.78, 5) is 15.4. The lowest BCUT2D eigenvalue weighted by Gasteiger charge is -1.98. The van der Waals surface area contributed by atoms with E-state index >= 15 is 0 Å². The molecule has 1 aromatic carbocycles. The van der Waals surface area contributed by atoms with Gasteiger partial charge in [0.2, 0.25) is 6.79 Å². The fraction of sp³-hybridized carbons (Fsp3) is 0.0833. The van der Waals surface area contributed by atoms with Crippen LogP contribution in [0.1, 0.15) is 16.1 Å². The molecule has 0 saturated carbocycles. The number of carbonyl (C=O) groups is 1. The monoisotopic (exact) mass is 275 g/mol. The molecule has 6 nitrogen and oxygen atoms in total. The van der Waals surface area contributed by atoms with Crippen molar-refractivity contribution in [3.05, 3.63) is 40.3 Å². The third-order valence-electron chi connectivity index (χ3n) is 2.44. The smallest absolute Gasteiger partial charge is 0.290 e. The second kappa shape index (κ2) is 5.07. The lowest BCUT2D eigenvalue weighted by Crippen LogP contribution is -2.17. The summed E-state index contributed by atoms with van der Waals surface area (Å²) in [6.45, 7) is 0.233. The molecule has 0 bridgehead atoms. The molecule has 0 unspecified atom stereocenters. The number of nitrogens with zero attached hydrogens (tertiary/aromatic N) is 2. The van der Waals surface area contributed by atoms with E-state index in [2.05, 4.69) is 15.5 Å². The summed E-state index contributed by atoms with van der Waals surface area (Å²) in [7, 11) is 0. The number of rotatable bonds is 3. The number of ether oxygens (including phenoxy) is 2. The van der Waals surface area contributed by atoms with Crippen LogP contribution in [0.25, 0.3) is 0 Å². The van der Waals surface area contributed by atoms with E-state index in [1.165, 1.54) is 17.6 Å². The number of benzene rings is 1. The Labute approximate surface area is 112 Å². The SMILES string of the molecule is O=C(N/N=C/c1ccc2c(c1)OCO2)c1cscn1. The van der Waals surface area contributed by atoms with E-state index in [4.69, 9.17) is 9.47 Å². The van der Waals surface area contributed by atoms with Gasteiger partial charge in [0, 0.05) is 5.38 Å². The molecule has 2 heterocycles. The number of nitrogens with one attached hydrogen (secondary N) is 1. The second-order valence-electron chi connectivity index (χ2n) is 3.69. The van der Waals surface area contributed by atoms with Gasteiger partial charge in [0.05, 0.1) is 11.7 Å². The van der Waals surface area contributed by atoms with Crippen molar-refractivity contribution in [2.45, 2.75) is 0 Å². The van der Waals surface area contributed by atoms with E-state index < -0.39 is 0 Å². The molecule has 19 heavy (non-hydrogen) atoms. The van der Waals surface area contributed by atoms with Crippen molar-refractivity contribution in [1.82, 2.24) is 10.4 Å². The van der Waals surface area contributed by atoms with Crippen LogP contribution in [-0.4, -0.2) is 23.9 Å². The molecule has 96 valence electrons. The lowest BCUT2D eigenvalue weighted by molar-refractivity contribution is 0.0951. The fourth-order valence-electron chi connectivity index (χ4n) is 1.54. The number of aromatic nitrogens is 1. The van der Waals surface area contributed by atoms with Crippen molar-refractivity contribution in [1.29, 1.82) is 0 Å². The van der Waals surface area contributed by atoms with E-state index in [0.717, 1.165) is 5.56 Å². The Morgan fingerprint density at radius 1 is 1.42 bits per heavy atom. The predicted octanol–water partition coefficient (Wildman–Crippen LogP) is 1.64.